The zero-order valence-electron chi connectivity index (χ0n) is 12.3. The van der Waals surface area contributed by atoms with Crippen LogP contribution < -0.4 is 0 Å². The molecule has 0 radical (unpaired) electrons. The van der Waals surface area contributed by atoms with Crippen LogP contribution in [0, 0.1) is 5.41 Å². The highest BCUT2D eigenvalue weighted by Crippen LogP contribution is 2.66. The van der Waals surface area contributed by atoms with Crippen molar-refractivity contribution in [2.75, 3.05) is 0 Å². The molecule has 3 aliphatic carbocycles. The van der Waals surface area contributed by atoms with Crippen LogP contribution in [-0.4, -0.2) is 15.5 Å². The average molecular weight is 300 g/mol. The summed E-state index contributed by atoms with van der Waals surface area (Å²) in [6.07, 6.45) is 6.69. The summed E-state index contributed by atoms with van der Waals surface area (Å²) in [5.74, 6) is -3.21. The lowest BCUT2D eigenvalue weighted by molar-refractivity contribution is 0.108. The van der Waals surface area contributed by atoms with Crippen molar-refractivity contribution in [2.45, 2.75) is 50.0 Å². The predicted octanol–water partition coefficient (Wildman–Crippen LogP) is 4.79. The normalized spacial score (nSPS) is 27.6. The first-order chi connectivity index (χ1) is 10.6. The van der Waals surface area contributed by atoms with Gasteiger partial charge in [-0.25, -0.2) is 13.8 Å². The summed E-state index contributed by atoms with van der Waals surface area (Å²) in [6, 6.07) is 10.1. The van der Waals surface area contributed by atoms with Gasteiger partial charge in [0, 0.05) is 18.0 Å². The van der Waals surface area contributed by atoms with Gasteiger partial charge in [-0.15, -0.1) is 0 Å². The van der Waals surface area contributed by atoms with Gasteiger partial charge >= 0.3 is 0 Å². The Morgan fingerprint density at radius 2 is 1.73 bits per heavy atom. The fraction of sp³-hybridized carbons (Fsp3) is 0.500. The molecule has 3 saturated carbocycles. The molecule has 1 atom stereocenters. The summed E-state index contributed by atoms with van der Waals surface area (Å²) in [4.78, 5) is 4.51. The summed E-state index contributed by atoms with van der Waals surface area (Å²) in [6.45, 7) is 0. The van der Waals surface area contributed by atoms with Gasteiger partial charge in [-0.1, -0.05) is 30.3 Å². The third-order valence-electron chi connectivity index (χ3n) is 5.72. The molecule has 0 saturated heterocycles. The average Bonchev–Trinajstić information content (AvgIpc) is 3.34. The van der Waals surface area contributed by atoms with Gasteiger partial charge in [0.25, 0.3) is 5.92 Å². The first-order valence-corrected chi connectivity index (χ1v) is 8.08. The largest absolute Gasteiger partial charge is 0.330 e. The van der Waals surface area contributed by atoms with Gasteiger partial charge in [0.05, 0.1) is 23.6 Å². The van der Waals surface area contributed by atoms with Crippen LogP contribution in [0.4, 0.5) is 8.78 Å². The van der Waals surface area contributed by atoms with Crippen LogP contribution >= 0.6 is 0 Å². The Morgan fingerprint density at radius 3 is 2.32 bits per heavy atom. The predicted molar refractivity (Wildman–Crippen MR) is 79.9 cm³/mol. The molecule has 22 heavy (non-hydrogen) atoms. The number of benzene rings is 1. The Morgan fingerprint density at radius 1 is 1.05 bits per heavy atom. The highest BCUT2D eigenvalue weighted by Gasteiger charge is 2.61. The van der Waals surface area contributed by atoms with Crippen molar-refractivity contribution in [3.05, 3.63) is 42.4 Å². The number of hydrogen-bond acceptors (Lipinski definition) is 1. The quantitative estimate of drug-likeness (QED) is 0.797. The fourth-order valence-electron chi connectivity index (χ4n) is 4.06. The molecule has 1 spiro atoms. The van der Waals surface area contributed by atoms with E-state index in [1.54, 1.807) is 6.33 Å². The van der Waals surface area contributed by atoms with E-state index in [2.05, 4.69) is 9.55 Å². The van der Waals surface area contributed by atoms with E-state index in [-0.39, 0.29) is 6.42 Å². The number of nitrogens with zero attached hydrogens (tertiary/aromatic N) is 2. The zero-order chi connectivity index (χ0) is 14.9. The van der Waals surface area contributed by atoms with Gasteiger partial charge in [-0.05, 0) is 31.1 Å². The lowest BCUT2D eigenvalue weighted by Crippen LogP contribution is -2.28. The Balaban J connectivity index is 1.56. The van der Waals surface area contributed by atoms with E-state index in [1.165, 1.54) is 12.8 Å². The summed E-state index contributed by atoms with van der Waals surface area (Å²) >= 11 is 0. The number of imidazole rings is 1. The van der Waals surface area contributed by atoms with E-state index in [1.807, 2.05) is 30.3 Å². The number of halogens is 2. The van der Waals surface area contributed by atoms with Gasteiger partial charge in [0.2, 0.25) is 0 Å². The minimum Gasteiger partial charge on any atom is -0.330 e. The van der Waals surface area contributed by atoms with Crippen molar-refractivity contribution in [3.8, 4) is 11.3 Å². The molecule has 1 aromatic heterocycles. The van der Waals surface area contributed by atoms with Crippen molar-refractivity contribution < 1.29 is 8.78 Å². The van der Waals surface area contributed by atoms with E-state index in [0.29, 0.717) is 11.5 Å². The Kier molecular flexibility index (Phi) is 2.31. The van der Waals surface area contributed by atoms with Gasteiger partial charge in [-0.3, -0.25) is 0 Å². The summed E-state index contributed by atoms with van der Waals surface area (Å²) < 4.78 is 29.6. The molecule has 1 heterocycles. The van der Waals surface area contributed by atoms with Crippen molar-refractivity contribution in [3.63, 3.8) is 0 Å². The van der Waals surface area contributed by atoms with Crippen LogP contribution in [0.2, 0.25) is 0 Å². The standard InChI is InChI=1S/C18H18F2N2/c19-18(20)10-14(18)16-15(12-4-2-1-3-5-12)21-11-22(16)13-8-17(9-13)6-7-17/h1-5,11,13-14H,6-10H2. The topological polar surface area (TPSA) is 17.8 Å². The minimum absolute atomic E-state index is 0.0314. The summed E-state index contributed by atoms with van der Waals surface area (Å²) in [5, 5.41) is 0. The first kappa shape index (κ1) is 12.8. The van der Waals surface area contributed by atoms with E-state index in [0.717, 1.165) is 29.8 Å². The highest BCUT2D eigenvalue weighted by atomic mass is 19.3. The third kappa shape index (κ3) is 1.79. The number of alkyl halides is 2. The second-order valence-corrected chi connectivity index (χ2v) is 7.33. The highest BCUT2D eigenvalue weighted by molar-refractivity contribution is 5.64. The lowest BCUT2D eigenvalue weighted by atomic mass is 9.76. The van der Waals surface area contributed by atoms with Crippen LogP contribution in [0.5, 0.6) is 0 Å². The van der Waals surface area contributed by atoms with Gasteiger partial charge in [0.15, 0.2) is 0 Å². The Hall–Kier alpha value is -1.71. The first-order valence-electron chi connectivity index (χ1n) is 8.08. The van der Waals surface area contributed by atoms with Crippen LogP contribution in [0.15, 0.2) is 36.7 Å². The van der Waals surface area contributed by atoms with Crippen LogP contribution in [0.3, 0.4) is 0 Å². The fourth-order valence-corrected chi connectivity index (χ4v) is 4.06. The Labute approximate surface area is 128 Å². The van der Waals surface area contributed by atoms with E-state index in [9.17, 15) is 8.78 Å². The SMILES string of the molecule is FC1(F)CC1c1c(-c2ccccc2)ncn1C1CC2(CC2)C1. The number of rotatable bonds is 3. The molecule has 0 aliphatic heterocycles. The molecule has 2 nitrogen and oxygen atoms in total. The van der Waals surface area contributed by atoms with Crippen molar-refractivity contribution in [1.29, 1.82) is 0 Å². The van der Waals surface area contributed by atoms with Crippen LogP contribution in [-0.2, 0) is 0 Å². The minimum atomic E-state index is -2.55. The van der Waals surface area contributed by atoms with E-state index < -0.39 is 11.8 Å². The molecular weight excluding hydrogens is 282 g/mol. The van der Waals surface area contributed by atoms with Gasteiger partial charge in [-0.2, -0.15) is 0 Å². The molecule has 3 aliphatic rings. The summed E-state index contributed by atoms with van der Waals surface area (Å²) in [5.41, 5.74) is 3.01. The molecule has 1 aromatic carbocycles. The molecule has 4 heteroatoms. The molecule has 0 bridgehead atoms. The Bertz CT molecular complexity index is 723. The maximum Gasteiger partial charge on any atom is 0.257 e. The molecule has 5 rings (SSSR count). The van der Waals surface area contributed by atoms with Gasteiger partial charge in [0.1, 0.15) is 0 Å². The molecule has 3 fully saturated rings. The van der Waals surface area contributed by atoms with Crippen molar-refractivity contribution in [2.24, 2.45) is 5.41 Å². The lowest BCUT2D eigenvalue weighted by Gasteiger charge is -2.37. The zero-order valence-corrected chi connectivity index (χ0v) is 12.3. The van der Waals surface area contributed by atoms with E-state index >= 15 is 0 Å². The van der Waals surface area contributed by atoms with E-state index in [4.69, 9.17) is 0 Å². The van der Waals surface area contributed by atoms with Crippen molar-refractivity contribution in [1.82, 2.24) is 9.55 Å². The summed E-state index contributed by atoms with van der Waals surface area (Å²) in [7, 11) is 0. The monoisotopic (exact) mass is 300 g/mol. The molecule has 0 N–H and O–H groups in total. The van der Waals surface area contributed by atoms with Gasteiger partial charge < -0.3 is 4.57 Å². The third-order valence-corrected chi connectivity index (χ3v) is 5.72. The second-order valence-electron chi connectivity index (χ2n) is 7.33. The molecule has 114 valence electrons. The maximum atomic E-state index is 13.7. The molecule has 0 amide bonds. The van der Waals surface area contributed by atoms with Crippen molar-refractivity contribution >= 4 is 0 Å². The molecule has 2 aromatic rings. The number of aromatic nitrogens is 2. The van der Waals surface area contributed by atoms with Crippen LogP contribution in [0.25, 0.3) is 11.3 Å². The smallest absolute Gasteiger partial charge is 0.257 e. The molecule has 1 unspecified atom stereocenters. The van der Waals surface area contributed by atoms with Crippen LogP contribution in [0.1, 0.15) is 49.8 Å². The number of hydrogen-bond donors (Lipinski definition) is 0. The second kappa shape index (κ2) is 3.98. The molecular formula is C18H18F2N2. The maximum absolute atomic E-state index is 13.7.